The third-order valence-electron chi connectivity index (χ3n) is 3.42. The second-order valence-electron chi connectivity index (χ2n) is 5.27. The molecule has 0 unspecified atom stereocenters. The summed E-state index contributed by atoms with van der Waals surface area (Å²) in [5, 5.41) is 6.99. The standard InChI is InChI=1S/C18H15F2N3OS/c19-15-7-6-14(10-16(15)20)25-12-18(24)22-17-8-9-21-23(17)11-13-4-2-1-3-5-13/h1-10H,11-12H2,(H,22,24). The average molecular weight is 359 g/mol. The smallest absolute Gasteiger partial charge is 0.235 e. The fraction of sp³-hybridized carbons (Fsp3) is 0.111. The Morgan fingerprint density at radius 2 is 1.88 bits per heavy atom. The molecule has 3 aromatic rings. The Kier molecular flexibility index (Phi) is 5.45. The Balaban J connectivity index is 1.58. The number of carbonyl (C=O) groups excluding carboxylic acids is 1. The Morgan fingerprint density at radius 1 is 1.08 bits per heavy atom. The van der Waals surface area contributed by atoms with Gasteiger partial charge in [0.15, 0.2) is 11.6 Å². The fourth-order valence-electron chi connectivity index (χ4n) is 2.22. The Hall–Kier alpha value is -2.67. The van der Waals surface area contributed by atoms with Crippen molar-refractivity contribution in [3.05, 3.63) is 78.0 Å². The van der Waals surface area contributed by atoms with Gasteiger partial charge in [-0.3, -0.25) is 4.79 Å². The Bertz CT molecular complexity index is 868. The first-order valence-electron chi connectivity index (χ1n) is 7.55. The van der Waals surface area contributed by atoms with Crippen molar-refractivity contribution in [1.29, 1.82) is 0 Å². The summed E-state index contributed by atoms with van der Waals surface area (Å²) < 4.78 is 27.8. The summed E-state index contributed by atoms with van der Waals surface area (Å²) in [6, 6.07) is 15.0. The van der Waals surface area contributed by atoms with Crippen LogP contribution < -0.4 is 5.32 Å². The molecule has 1 aromatic heterocycles. The van der Waals surface area contributed by atoms with Gasteiger partial charge in [-0.15, -0.1) is 11.8 Å². The molecule has 1 N–H and O–H groups in total. The van der Waals surface area contributed by atoms with Crippen molar-refractivity contribution in [3.8, 4) is 0 Å². The molecule has 0 atom stereocenters. The quantitative estimate of drug-likeness (QED) is 0.678. The monoisotopic (exact) mass is 359 g/mol. The summed E-state index contributed by atoms with van der Waals surface area (Å²) in [5.74, 6) is -1.41. The first-order valence-corrected chi connectivity index (χ1v) is 8.54. The van der Waals surface area contributed by atoms with E-state index in [1.54, 1.807) is 16.9 Å². The maximum absolute atomic E-state index is 13.2. The lowest BCUT2D eigenvalue weighted by atomic mass is 10.2. The van der Waals surface area contributed by atoms with Crippen molar-refractivity contribution in [1.82, 2.24) is 9.78 Å². The normalized spacial score (nSPS) is 10.6. The number of hydrogen-bond acceptors (Lipinski definition) is 3. The van der Waals surface area contributed by atoms with Crippen LogP contribution in [-0.2, 0) is 11.3 Å². The van der Waals surface area contributed by atoms with Gasteiger partial charge in [-0.05, 0) is 23.8 Å². The number of benzene rings is 2. The number of rotatable bonds is 6. The molecule has 0 saturated heterocycles. The highest BCUT2D eigenvalue weighted by molar-refractivity contribution is 8.00. The maximum atomic E-state index is 13.2. The van der Waals surface area contributed by atoms with Gasteiger partial charge >= 0.3 is 0 Å². The summed E-state index contributed by atoms with van der Waals surface area (Å²) in [6.07, 6.45) is 1.61. The van der Waals surface area contributed by atoms with Crippen LogP contribution in [0.5, 0.6) is 0 Å². The largest absolute Gasteiger partial charge is 0.310 e. The number of nitrogens with one attached hydrogen (secondary N) is 1. The highest BCUT2D eigenvalue weighted by Crippen LogP contribution is 2.20. The molecule has 4 nitrogen and oxygen atoms in total. The van der Waals surface area contributed by atoms with Gasteiger partial charge in [0, 0.05) is 11.0 Å². The van der Waals surface area contributed by atoms with E-state index in [1.807, 2.05) is 30.3 Å². The molecule has 3 rings (SSSR count). The summed E-state index contributed by atoms with van der Waals surface area (Å²) in [4.78, 5) is 12.6. The van der Waals surface area contributed by atoms with Crippen LogP contribution in [0.25, 0.3) is 0 Å². The van der Waals surface area contributed by atoms with Crippen LogP contribution in [0.15, 0.2) is 65.7 Å². The summed E-state index contributed by atoms with van der Waals surface area (Å²) in [6.45, 7) is 0.541. The molecule has 0 aliphatic heterocycles. The third kappa shape index (κ3) is 4.67. The summed E-state index contributed by atoms with van der Waals surface area (Å²) in [7, 11) is 0. The zero-order valence-corrected chi connectivity index (χ0v) is 14.0. The molecule has 1 amide bonds. The molecule has 0 aliphatic carbocycles. The number of anilines is 1. The van der Waals surface area contributed by atoms with Crippen LogP contribution in [0, 0.1) is 11.6 Å². The zero-order chi connectivity index (χ0) is 17.6. The van der Waals surface area contributed by atoms with Crippen molar-refractivity contribution in [2.75, 3.05) is 11.1 Å². The van der Waals surface area contributed by atoms with Crippen LogP contribution in [0.1, 0.15) is 5.56 Å². The van der Waals surface area contributed by atoms with Crippen molar-refractivity contribution < 1.29 is 13.6 Å². The summed E-state index contributed by atoms with van der Waals surface area (Å²) >= 11 is 1.13. The van der Waals surface area contributed by atoms with Crippen molar-refractivity contribution in [2.45, 2.75) is 11.4 Å². The highest BCUT2D eigenvalue weighted by Gasteiger charge is 2.10. The Morgan fingerprint density at radius 3 is 2.64 bits per heavy atom. The van der Waals surface area contributed by atoms with E-state index in [0.717, 1.165) is 29.5 Å². The van der Waals surface area contributed by atoms with Gasteiger partial charge in [-0.1, -0.05) is 30.3 Å². The molecule has 0 spiro atoms. The van der Waals surface area contributed by atoms with Crippen LogP contribution >= 0.6 is 11.8 Å². The van der Waals surface area contributed by atoms with E-state index >= 15 is 0 Å². The van der Waals surface area contributed by atoms with Gasteiger partial charge in [0.05, 0.1) is 18.5 Å². The molecule has 0 bridgehead atoms. The van der Waals surface area contributed by atoms with E-state index in [0.29, 0.717) is 17.3 Å². The predicted molar refractivity (Wildman–Crippen MR) is 93.5 cm³/mol. The predicted octanol–water partition coefficient (Wildman–Crippen LogP) is 3.94. The van der Waals surface area contributed by atoms with Gasteiger partial charge in [0.1, 0.15) is 5.82 Å². The fourth-order valence-corrected chi connectivity index (χ4v) is 2.94. The number of amides is 1. The number of aromatic nitrogens is 2. The van der Waals surface area contributed by atoms with Gasteiger partial charge < -0.3 is 5.32 Å². The molecule has 0 saturated carbocycles. The maximum Gasteiger partial charge on any atom is 0.235 e. The third-order valence-corrected chi connectivity index (χ3v) is 4.41. The molecule has 25 heavy (non-hydrogen) atoms. The van der Waals surface area contributed by atoms with Gasteiger partial charge in [-0.2, -0.15) is 5.10 Å². The van der Waals surface area contributed by atoms with E-state index in [1.165, 1.54) is 6.07 Å². The Labute approximate surface area is 147 Å². The van der Waals surface area contributed by atoms with E-state index in [2.05, 4.69) is 10.4 Å². The lowest BCUT2D eigenvalue weighted by molar-refractivity contribution is -0.113. The van der Waals surface area contributed by atoms with Gasteiger partial charge in [0.25, 0.3) is 0 Å². The van der Waals surface area contributed by atoms with E-state index in [9.17, 15) is 13.6 Å². The molecule has 7 heteroatoms. The molecule has 0 fully saturated rings. The lowest BCUT2D eigenvalue weighted by Crippen LogP contribution is -2.17. The number of hydrogen-bond donors (Lipinski definition) is 1. The van der Waals surface area contributed by atoms with E-state index < -0.39 is 11.6 Å². The van der Waals surface area contributed by atoms with E-state index in [-0.39, 0.29) is 11.7 Å². The van der Waals surface area contributed by atoms with Gasteiger partial charge in [-0.25, -0.2) is 13.5 Å². The summed E-state index contributed by atoms with van der Waals surface area (Å²) in [5.41, 5.74) is 1.07. The molecule has 1 heterocycles. The lowest BCUT2D eigenvalue weighted by Gasteiger charge is -2.09. The number of nitrogens with zero attached hydrogens (tertiary/aromatic N) is 2. The van der Waals surface area contributed by atoms with Crippen LogP contribution in [0.4, 0.5) is 14.6 Å². The number of halogens is 2. The molecule has 2 aromatic carbocycles. The molecular weight excluding hydrogens is 344 g/mol. The topological polar surface area (TPSA) is 46.9 Å². The van der Waals surface area contributed by atoms with Crippen molar-refractivity contribution in [3.63, 3.8) is 0 Å². The second-order valence-corrected chi connectivity index (χ2v) is 6.32. The van der Waals surface area contributed by atoms with Crippen molar-refractivity contribution in [2.24, 2.45) is 0 Å². The molecule has 0 radical (unpaired) electrons. The second kappa shape index (κ2) is 7.94. The molecular formula is C18H15F2N3OS. The first kappa shape index (κ1) is 17.2. The number of carbonyl (C=O) groups is 1. The van der Waals surface area contributed by atoms with Gasteiger partial charge in [0.2, 0.25) is 5.91 Å². The minimum absolute atomic E-state index is 0.0849. The average Bonchev–Trinajstić information content (AvgIpc) is 3.03. The minimum Gasteiger partial charge on any atom is -0.310 e. The SMILES string of the molecule is O=C(CSc1ccc(F)c(F)c1)Nc1ccnn1Cc1ccccc1. The van der Waals surface area contributed by atoms with Crippen molar-refractivity contribution >= 4 is 23.5 Å². The van der Waals surface area contributed by atoms with E-state index in [4.69, 9.17) is 0 Å². The zero-order valence-electron chi connectivity index (χ0n) is 13.2. The van der Waals surface area contributed by atoms with Crippen LogP contribution in [0.2, 0.25) is 0 Å². The van der Waals surface area contributed by atoms with Crippen LogP contribution in [-0.4, -0.2) is 21.4 Å². The molecule has 0 aliphatic rings. The molecule has 128 valence electrons. The number of thioether (sulfide) groups is 1. The highest BCUT2D eigenvalue weighted by atomic mass is 32.2. The first-order chi connectivity index (χ1) is 12.1. The minimum atomic E-state index is -0.925. The van der Waals surface area contributed by atoms with Crippen LogP contribution in [0.3, 0.4) is 0 Å².